The highest BCUT2D eigenvalue weighted by Gasteiger charge is 2.42. The predicted octanol–water partition coefficient (Wildman–Crippen LogP) is 4.28. The number of imide groups is 1. The fourth-order valence-electron chi connectivity index (χ4n) is 3.79. The second-order valence-electron chi connectivity index (χ2n) is 7.33. The molecule has 1 atom stereocenters. The molecule has 4 aromatic rings. The summed E-state index contributed by atoms with van der Waals surface area (Å²) in [6.07, 6.45) is 0.136. The molecule has 8 heteroatoms. The molecule has 158 valence electrons. The number of carbonyl (C=O) groups excluding carboxylic acids is 3. The Morgan fingerprint density at radius 3 is 2.25 bits per heavy atom. The molecule has 1 aromatic heterocycles. The number of halogens is 1. The van der Waals surface area contributed by atoms with Crippen LogP contribution in [0.2, 0.25) is 0 Å². The van der Waals surface area contributed by atoms with Crippen molar-refractivity contribution >= 4 is 44.4 Å². The molecule has 0 spiro atoms. The molecule has 3 amide bonds. The van der Waals surface area contributed by atoms with Crippen LogP contribution in [-0.4, -0.2) is 33.6 Å². The monoisotopic (exact) mass is 445 g/mol. The van der Waals surface area contributed by atoms with Crippen molar-refractivity contribution in [2.24, 2.45) is 0 Å². The lowest BCUT2D eigenvalue weighted by Gasteiger charge is -2.25. The van der Waals surface area contributed by atoms with Gasteiger partial charge in [0.1, 0.15) is 17.4 Å². The highest BCUT2D eigenvalue weighted by molar-refractivity contribution is 7.22. The van der Waals surface area contributed by atoms with E-state index < -0.39 is 29.6 Å². The van der Waals surface area contributed by atoms with Crippen molar-refractivity contribution in [3.63, 3.8) is 0 Å². The van der Waals surface area contributed by atoms with Gasteiger partial charge in [-0.1, -0.05) is 59.9 Å². The predicted molar refractivity (Wildman–Crippen MR) is 119 cm³/mol. The number of para-hydroxylation sites is 1. The van der Waals surface area contributed by atoms with Gasteiger partial charge in [-0.25, -0.2) is 9.37 Å². The number of hydrogen-bond donors (Lipinski definition) is 1. The average Bonchev–Trinajstić information content (AvgIpc) is 3.33. The van der Waals surface area contributed by atoms with Gasteiger partial charge in [0.2, 0.25) is 5.91 Å². The number of hydrogen-bond acceptors (Lipinski definition) is 5. The summed E-state index contributed by atoms with van der Waals surface area (Å²) in [5.74, 6) is -2.09. The van der Waals surface area contributed by atoms with Crippen LogP contribution < -0.4 is 5.32 Å². The summed E-state index contributed by atoms with van der Waals surface area (Å²) in [4.78, 5) is 44.6. The zero-order valence-corrected chi connectivity index (χ0v) is 17.4. The summed E-state index contributed by atoms with van der Waals surface area (Å²) >= 11 is 1.12. The van der Waals surface area contributed by atoms with Crippen LogP contribution in [0.15, 0.2) is 72.8 Å². The standard InChI is InChI=1S/C24H16FN3O3S/c25-17-11-6-12-19-20(17)26-24(32-19)27-21(29)18(13-14-7-2-1-3-8-14)28-22(30)15-9-4-5-10-16(15)23(28)31/h1-12,18H,13H2,(H,26,27,29). The third-order valence-electron chi connectivity index (χ3n) is 5.31. The lowest BCUT2D eigenvalue weighted by molar-refractivity contribution is -0.119. The molecular formula is C24H16FN3O3S. The Labute approximate surface area is 186 Å². The van der Waals surface area contributed by atoms with Crippen molar-refractivity contribution in [3.8, 4) is 0 Å². The van der Waals surface area contributed by atoms with E-state index in [9.17, 15) is 18.8 Å². The number of fused-ring (bicyclic) bond motifs is 2. The normalized spacial score (nSPS) is 14.0. The lowest BCUT2D eigenvalue weighted by Crippen LogP contribution is -2.48. The van der Waals surface area contributed by atoms with Crippen molar-refractivity contribution in [1.82, 2.24) is 9.88 Å². The molecule has 2 heterocycles. The van der Waals surface area contributed by atoms with Crippen LogP contribution in [0.25, 0.3) is 10.2 Å². The van der Waals surface area contributed by atoms with Crippen molar-refractivity contribution in [2.75, 3.05) is 5.32 Å². The maximum Gasteiger partial charge on any atom is 0.262 e. The van der Waals surface area contributed by atoms with Crippen LogP contribution in [0.5, 0.6) is 0 Å². The van der Waals surface area contributed by atoms with Gasteiger partial charge in [-0.3, -0.25) is 19.3 Å². The number of rotatable bonds is 5. The number of carbonyl (C=O) groups is 3. The number of aromatic nitrogens is 1. The molecule has 3 aromatic carbocycles. The van der Waals surface area contributed by atoms with Gasteiger partial charge < -0.3 is 5.32 Å². The molecule has 0 aliphatic carbocycles. The molecule has 6 nitrogen and oxygen atoms in total. The van der Waals surface area contributed by atoms with E-state index in [-0.39, 0.29) is 28.2 Å². The van der Waals surface area contributed by atoms with E-state index in [1.807, 2.05) is 30.3 Å². The molecule has 1 aliphatic heterocycles. The second-order valence-corrected chi connectivity index (χ2v) is 8.36. The number of thiazole rings is 1. The molecule has 0 saturated carbocycles. The van der Waals surface area contributed by atoms with Gasteiger partial charge in [0.25, 0.3) is 11.8 Å². The molecule has 5 rings (SSSR count). The number of nitrogens with one attached hydrogen (secondary N) is 1. The Bertz CT molecular complexity index is 1330. The minimum Gasteiger partial charge on any atom is -0.300 e. The van der Waals surface area contributed by atoms with E-state index in [1.54, 1.807) is 36.4 Å². The SMILES string of the molecule is O=C(Nc1nc2c(F)cccc2s1)C(Cc1ccccc1)N1C(=O)c2ccccc2C1=O. The van der Waals surface area contributed by atoms with Gasteiger partial charge in [-0.05, 0) is 29.8 Å². The first-order chi connectivity index (χ1) is 15.5. The average molecular weight is 445 g/mol. The zero-order valence-electron chi connectivity index (χ0n) is 16.6. The highest BCUT2D eigenvalue weighted by Crippen LogP contribution is 2.30. The minimum atomic E-state index is -1.10. The Morgan fingerprint density at radius 1 is 0.938 bits per heavy atom. The van der Waals surface area contributed by atoms with Crippen molar-refractivity contribution in [3.05, 3.63) is 95.3 Å². The Balaban J connectivity index is 1.49. The summed E-state index contributed by atoms with van der Waals surface area (Å²) < 4.78 is 14.6. The summed E-state index contributed by atoms with van der Waals surface area (Å²) in [5.41, 5.74) is 1.49. The quantitative estimate of drug-likeness (QED) is 0.465. The minimum absolute atomic E-state index is 0.136. The molecule has 32 heavy (non-hydrogen) atoms. The summed E-state index contributed by atoms with van der Waals surface area (Å²) in [7, 11) is 0. The zero-order chi connectivity index (χ0) is 22.2. The largest absolute Gasteiger partial charge is 0.300 e. The molecular weight excluding hydrogens is 429 g/mol. The van der Waals surface area contributed by atoms with Gasteiger partial charge in [-0.2, -0.15) is 0 Å². The lowest BCUT2D eigenvalue weighted by atomic mass is 10.0. The first-order valence-electron chi connectivity index (χ1n) is 9.89. The maximum absolute atomic E-state index is 14.0. The first-order valence-corrected chi connectivity index (χ1v) is 10.7. The summed E-state index contributed by atoms with van der Waals surface area (Å²) in [6.45, 7) is 0. The molecule has 1 N–H and O–H groups in total. The fourth-order valence-corrected chi connectivity index (χ4v) is 4.67. The topological polar surface area (TPSA) is 79.4 Å². The van der Waals surface area contributed by atoms with Crippen LogP contribution >= 0.6 is 11.3 Å². The third-order valence-corrected chi connectivity index (χ3v) is 6.25. The van der Waals surface area contributed by atoms with Crippen molar-refractivity contribution < 1.29 is 18.8 Å². The third kappa shape index (κ3) is 3.44. The summed E-state index contributed by atoms with van der Waals surface area (Å²) in [6, 6.07) is 19.1. The van der Waals surface area contributed by atoms with E-state index in [2.05, 4.69) is 10.3 Å². The smallest absolute Gasteiger partial charge is 0.262 e. The Hall–Kier alpha value is -3.91. The van der Waals surface area contributed by atoms with Crippen LogP contribution in [0.3, 0.4) is 0 Å². The van der Waals surface area contributed by atoms with Gasteiger partial charge in [-0.15, -0.1) is 0 Å². The van der Waals surface area contributed by atoms with Crippen LogP contribution in [-0.2, 0) is 11.2 Å². The van der Waals surface area contributed by atoms with E-state index >= 15 is 0 Å². The Morgan fingerprint density at radius 2 is 1.59 bits per heavy atom. The van der Waals surface area contributed by atoms with Gasteiger partial charge in [0.05, 0.1) is 15.8 Å². The molecule has 0 radical (unpaired) electrons. The molecule has 0 bridgehead atoms. The fraction of sp³-hybridized carbons (Fsp3) is 0.0833. The van der Waals surface area contributed by atoms with Gasteiger partial charge in [0, 0.05) is 6.42 Å². The van der Waals surface area contributed by atoms with E-state index in [0.717, 1.165) is 21.8 Å². The van der Waals surface area contributed by atoms with E-state index in [4.69, 9.17) is 0 Å². The van der Waals surface area contributed by atoms with Gasteiger partial charge >= 0.3 is 0 Å². The molecule has 0 fully saturated rings. The van der Waals surface area contributed by atoms with E-state index in [1.165, 1.54) is 6.07 Å². The number of benzene rings is 3. The van der Waals surface area contributed by atoms with Crippen molar-refractivity contribution in [2.45, 2.75) is 12.5 Å². The highest BCUT2D eigenvalue weighted by atomic mass is 32.1. The number of nitrogens with zero attached hydrogens (tertiary/aromatic N) is 2. The van der Waals surface area contributed by atoms with Crippen molar-refractivity contribution in [1.29, 1.82) is 0 Å². The second kappa shape index (κ2) is 7.97. The van der Waals surface area contributed by atoms with E-state index in [0.29, 0.717) is 4.70 Å². The van der Waals surface area contributed by atoms with Crippen LogP contribution in [0.1, 0.15) is 26.3 Å². The number of anilines is 1. The van der Waals surface area contributed by atoms with Crippen LogP contribution in [0.4, 0.5) is 9.52 Å². The van der Waals surface area contributed by atoms with Gasteiger partial charge in [0.15, 0.2) is 5.13 Å². The molecule has 1 aliphatic rings. The molecule has 1 unspecified atom stereocenters. The first kappa shape index (κ1) is 20.0. The summed E-state index contributed by atoms with van der Waals surface area (Å²) in [5, 5.41) is 2.88. The number of amides is 3. The Kier molecular flexibility index (Phi) is 4.99. The van der Waals surface area contributed by atoms with Crippen LogP contribution in [0, 0.1) is 5.82 Å². The maximum atomic E-state index is 14.0. The molecule has 0 saturated heterocycles.